The molecule has 0 unspecified atom stereocenters. The van der Waals surface area contributed by atoms with Crippen LogP contribution in [0.25, 0.3) is 83.0 Å². The van der Waals surface area contributed by atoms with E-state index in [0.717, 1.165) is 16.9 Å². The van der Waals surface area contributed by atoms with E-state index in [2.05, 4.69) is 138 Å². The second kappa shape index (κ2) is 8.51. The van der Waals surface area contributed by atoms with E-state index in [1.54, 1.807) is 0 Å². The summed E-state index contributed by atoms with van der Waals surface area (Å²) >= 11 is 0. The SMILES string of the molecule is c1ccc(-c2c3c(c(-c4ccccc4)c4ccccc24)-c2ccc(-c4cn5ccccc5n4)c4cccc-3c24)cc1. The van der Waals surface area contributed by atoms with Crippen molar-refractivity contribution in [2.75, 3.05) is 0 Å². The molecule has 9 rings (SSSR count). The number of aromatic nitrogens is 2. The molecule has 0 bridgehead atoms. The second-order valence-corrected chi connectivity index (χ2v) is 10.8. The van der Waals surface area contributed by atoms with Crippen LogP contribution in [0.15, 0.2) is 146 Å². The Morgan fingerprint density at radius 2 is 0.976 bits per heavy atom. The molecule has 41 heavy (non-hydrogen) atoms. The Morgan fingerprint density at radius 1 is 0.415 bits per heavy atom. The molecule has 0 radical (unpaired) electrons. The standard InChI is InChI=1S/C39H24N2/c1-3-12-25(13-4-1)35-29-16-7-8-17-30(29)36(26-14-5-2-6-15-26)39-32-22-21-27(28-18-11-19-31(37(28)32)38(35)39)33-24-41-23-10-9-20-34(41)40-33/h1-24H. The third kappa shape index (κ3) is 3.16. The van der Waals surface area contributed by atoms with Gasteiger partial charge in [-0.25, -0.2) is 4.98 Å². The van der Waals surface area contributed by atoms with Gasteiger partial charge in [-0.1, -0.05) is 121 Å². The van der Waals surface area contributed by atoms with E-state index in [1.807, 2.05) is 12.1 Å². The van der Waals surface area contributed by atoms with E-state index in [0.29, 0.717) is 0 Å². The number of hydrogen-bond donors (Lipinski definition) is 0. The lowest BCUT2D eigenvalue weighted by atomic mass is 9.82. The zero-order chi connectivity index (χ0) is 26.9. The maximum absolute atomic E-state index is 5.00. The average Bonchev–Trinajstić information content (AvgIpc) is 3.62. The third-order valence-electron chi connectivity index (χ3n) is 8.56. The Balaban J connectivity index is 1.45. The molecule has 0 N–H and O–H groups in total. The van der Waals surface area contributed by atoms with Crippen molar-refractivity contribution in [2.45, 2.75) is 0 Å². The zero-order valence-corrected chi connectivity index (χ0v) is 22.3. The van der Waals surface area contributed by atoms with Crippen LogP contribution in [0.1, 0.15) is 0 Å². The van der Waals surface area contributed by atoms with Gasteiger partial charge in [0.2, 0.25) is 0 Å². The van der Waals surface area contributed by atoms with Crippen LogP contribution in [0, 0.1) is 0 Å². The minimum absolute atomic E-state index is 0.956. The first-order valence-electron chi connectivity index (χ1n) is 14.1. The van der Waals surface area contributed by atoms with Crippen molar-refractivity contribution in [2.24, 2.45) is 0 Å². The molecule has 0 amide bonds. The normalized spacial score (nSPS) is 11.9. The zero-order valence-electron chi connectivity index (χ0n) is 22.3. The molecule has 2 aromatic heterocycles. The van der Waals surface area contributed by atoms with Gasteiger partial charge in [0.15, 0.2) is 0 Å². The number of nitrogens with zero attached hydrogens (tertiary/aromatic N) is 2. The van der Waals surface area contributed by atoms with E-state index in [9.17, 15) is 0 Å². The molecule has 1 aliphatic rings. The molecule has 6 aromatic carbocycles. The highest BCUT2D eigenvalue weighted by Gasteiger charge is 2.31. The number of pyridine rings is 1. The van der Waals surface area contributed by atoms with Crippen molar-refractivity contribution >= 4 is 27.2 Å². The molecular formula is C39H24N2. The molecule has 0 atom stereocenters. The van der Waals surface area contributed by atoms with Gasteiger partial charge in [0.25, 0.3) is 0 Å². The van der Waals surface area contributed by atoms with Gasteiger partial charge in [-0.2, -0.15) is 0 Å². The quantitative estimate of drug-likeness (QED) is 0.226. The van der Waals surface area contributed by atoms with Gasteiger partial charge < -0.3 is 4.40 Å². The van der Waals surface area contributed by atoms with Crippen molar-refractivity contribution in [3.05, 3.63) is 146 Å². The molecule has 0 fully saturated rings. The fourth-order valence-corrected chi connectivity index (χ4v) is 6.90. The van der Waals surface area contributed by atoms with E-state index < -0.39 is 0 Å². The molecule has 8 aromatic rings. The lowest BCUT2D eigenvalue weighted by molar-refractivity contribution is 1.19. The lowest BCUT2D eigenvalue weighted by Gasteiger charge is -2.20. The topological polar surface area (TPSA) is 17.3 Å². The van der Waals surface area contributed by atoms with Gasteiger partial charge in [0.1, 0.15) is 5.65 Å². The van der Waals surface area contributed by atoms with Crippen molar-refractivity contribution in [1.29, 1.82) is 0 Å². The summed E-state index contributed by atoms with van der Waals surface area (Å²) in [6.45, 7) is 0. The summed E-state index contributed by atoms with van der Waals surface area (Å²) in [5, 5.41) is 5.10. The molecule has 0 spiro atoms. The largest absolute Gasteiger partial charge is 0.306 e. The number of benzene rings is 6. The van der Waals surface area contributed by atoms with Gasteiger partial charge >= 0.3 is 0 Å². The van der Waals surface area contributed by atoms with Crippen molar-refractivity contribution in [3.63, 3.8) is 0 Å². The summed E-state index contributed by atoms with van der Waals surface area (Å²) < 4.78 is 2.10. The summed E-state index contributed by atoms with van der Waals surface area (Å²) in [5.74, 6) is 0. The predicted molar refractivity (Wildman–Crippen MR) is 171 cm³/mol. The molecule has 2 heterocycles. The molecule has 2 nitrogen and oxygen atoms in total. The number of rotatable bonds is 3. The van der Waals surface area contributed by atoms with Crippen LogP contribution in [0.4, 0.5) is 0 Å². The summed E-state index contributed by atoms with van der Waals surface area (Å²) in [7, 11) is 0. The van der Waals surface area contributed by atoms with Crippen LogP contribution in [0.2, 0.25) is 0 Å². The van der Waals surface area contributed by atoms with E-state index in [1.165, 1.54) is 66.1 Å². The predicted octanol–water partition coefficient (Wildman–Crippen LogP) is 10.3. The molecule has 1 aliphatic carbocycles. The molecule has 2 heteroatoms. The number of imidazole rings is 1. The lowest BCUT2D eigenvalue weighted by Crippen LogP contribution is -1.93. The fourth-order valence-electron chi connectivity index (χ4n) is 6.90. The van der Waals surface area contributed by atoms with E-state index in [4.69, 9.17) is 4.98 Å². The Hall–Kier alpha value is -5.47. The maximum atomic E-state index is 5.00. The Bertz CT molecular complexity index is 2170. The first-order chi connectivity index (χ1) is 20.4. The van der Waals surface area contributed by atoms with Crippen molar-refractivity contribution in [3.8, 4) is 55.8 Å². The Labute approximate surface area is 237 Å². The van der Waals surface area contributed by atoms with Gasteiger partial charge in [-0.3, -0.25) is 0 Å². The highest BCUT2D eigenvalue weighted by Crippen LogP contribution is 2.58. The van der Waals surface area contributed by atoms with E-state index >= 15 is 0 Å². The molecule has 0 aliphatic heterocycles. The second-order valence-electron chi connectivity index (χ2n) is 10.8. The average molecular weight is 521 g/mol. The van der Waals surface area contributed by atoms with Crippen LogP contribution in [-0.4, -0.2) is 9.38 Å². The van der Waals surface area contributed by atoms with Gasteiger partial charge in [0.05, 0.1) is 5.69 Å². The van der Waals surface area contributed by atoms with Crippen molar-refractivity contribution in [1.82, 2.24) is 9.38 Å². The highest BCUT2D eigenvalue weighted by atomic mass is 15.0. The summed E-state index contributed by atoms with van der Waals surface area (Å²) in [4.78, 5) is 5.00. The fraction of sp³-hybridized carbons (Fsp3) is 0. The molecule has 0 saturated heterocycles. The van der Waals surface area contributed by atoms with Crippen molar-refractivity contribution < 1.29 is 0 Å². The minimum Gasteiger partial charge on any atom is -0.306 e. The van der Waals surface area contributed by atoms with E-state index in [-0.39, 0.29) is 0 Å². The number of hydrogen-bond acceptors (Lipinski definition) is 1. The van der Waals surface area contributed by atoms with Crippen LogP contribution in [0.3, 0.4) is 0 Å². The van der Waals surface area contributed by atoms with Crippen LogP contribution in [0.5, 0.6) is 0 Å². The molecule has 0 saturated carbocycles. The monoisotopic (exact) mass is 520 g/mol. The smallest absolute Gasteiger partial charge is 0.137 e. The molecule has 190 valence electrons. The van der Waals surface area contributed by atoms with Gasteiger partial charge in [-0.15, -0.1) is 0 Å². The maximum Gasteiger partial charge on any atom is 0.137 e. The Morgan fingerprint density at radius 3 is 1.63 bits per heavy atom. The van der Waals surface area contributed by atoms with Crippen LogP contribution < -0.4 is 0 Å². The minimum atomic E-state index is 0.956. The Kier molecular flexibility index (Phi) is 4.64. The summed E-state index contributed by atoms with van der Waals surface area (Å²) in [6, 6.07) is 48.2. The number of fused-ring (bicyclic) bond motifs is 5. The first kappa shape index (κ1) is 22.4. The van der Waals surface area contributed by atoms with Gasteiger partial charge in [0, 0.05) is 18.0 Å². The van der Waals surface area contributed by atoms with Crippen LogP contribution >= 0.6 is 0 Å². The summed E-state index contributed by atoms with van der Waals surface area (Å²) in [5.41, 5.74) is 13.4. The third-order valence-corrected chi connectivity index (χ3v) is 8.56. The molecular weight excluding hydrogens is 496 g/mol. The van der Waals surface area contributed by atoms with Crippen LogP contribution in [-0.2, 0) is 0 Å². The van der Waals surface area contributed by atoms with Gasteiger partial charge in [-0.05, 0) is 78.2 Å². The highest BCUT2D eigenvalue weighted by molar-refractivity contribution is 6.28. The first-order valence-corrected chi connectivity index (χ1v) is 14.1. The summed E-state index contributed by atoms with van der Waals surface area (Å²) in [6.07, 6.45) is 4.20.